The third-order valence-corrected chi connectivity index (χ3v) is 6.90. The van der Waals surface area contributed by atoms with Gasteiger partial charge in [0, 0.05) is 16.1 Å². The smallest absolute Gasteiger partial charge is 0.263 e. The SMILES string of the molecule is CCOc1ccc(-c2c(C)sc3ncn(CC(=O)Nc4c(CC)cccc4CC)c(=O)c23)cc1. The zero-order valence-corrected chi connectivity index (χ0v) is 20.8. The van der Waals surface area contributed by atoms with Gasteiger partial charge in [-0.2, -0.15) is 0 Å². The zero-order chi connectivity index (χ0) is 24.2. The number of nitrogens with zero attached hydrogens (tertiary/aromatic N) is 2. The number of thiophene rings is 1. The van der Waals surface area contributed by atoms with Crippen molar-refractivity contribution in [2.45, 2.75) is 47.1 Å². The Bertz CT molecular complexity index is 1360. The van der Waals surface area contributed by atoms with E-state index in [4.69, 9.17) is 4.74 Å². The van der Waals surface area contributed by atoms with E-state index in [-0.39, 0.29) is 18.0 Å². The van der Waals surface area contributed by atoms with Crippen LogP contribution in [-0.4, -0.2) is 22.1 Å². The van der Waals surface area contributed by atoms with E-state index in [0.717, 1.165) is 51.4 Å². The van der Waals surface area contributed by atoms with Gasteiger partial charge in [0.25, 0.3) is 5.56 Å². The molecule has 0 aliphatic rings. The normalized spacial score (nSPS) is 11.1. The molecule has 2 aromatic heterocycles. The van der Waals surface area contributed by atoms with Crippen LogP contribution in [0.3, 0.4) is 0 Å². The van der Waals surface area contributed by atoms with Crippen molar-refractivity contribution in [2.24, 2.45) is 0 Å². The first-order chi connectivity index (χ1) is 16.5. The molecule has 0 atom stereocenters. The summed E-state index contributed by atoms with van der Waals surface area (Å²) in [5, 5.41) is 3.58. The highest BCUT2D eigenvalue weighted by Crippen LogP contribution is 2.36. The Hall–Kier alpha value is -3.45. The van der Waals surface area contributed by atoms with Crippen LogP contribution in [0.2, 0.25) is 0 Å². The third-order valence-electron chi connectivity index (χ3n) is 5.89. The van der Waals surface area contributed by atoms with Crippen LogP contribution in [0.25, 0.3) is 21.3 Å². The molecule has 34 heavy (non-hydrogen) atoms. The molecule has 2 aromatic carbocycles. The summed E-state index contributed by atoms with van der Waals surface area (Å²) < 4.78 is 6.94. The van der Waals surface area contributed by atoms with Crippen LogP contribution in [-0.2, 0) is 24.2 Å². The van der Waals surface area contributed by atoms with Crippen molar-refractivity contribution in [1.82, 2.24) is 9.55 Å². The van der Waals surface area contributed by atoms with E-state index in [0.29, 0.717) is 16.8 Å². The Morgan fingerprint density at radius 1 is 1.06 bits per heavy atom. The summed E-state index contributed by atoms with van der Waals surface area (Å²) in [6.45, 7) is 8.56. The van der Waals surface area contributed by atoms with Crippen molar-refractivity contribution in [3.63, 3.8) is 0 Å². The lowest BCUT2D eigenvalue weighted by atomic mass is 10.0. The van der Waals surface area contributed by atoms with E-state index >= 15 is 0 Å². The maximum atomic E-state index is 13.5. The second-order valence-electron chi connectivity index (χ2n) is 8.05. The third kappa shape index (κ3) is 4.61. The molecule has 7 heteroatoms. The van der Waals surface area contributed by atoms with Gasteiger partial charge < -0.3 is 10.1 Å². The number of hydrogen-bond acceptors (Lipinski definition) is 5. The number of nitrogens with one attached hydrogen (secondary N) is 1. The number of carbonyl (C=O) groups is 1. The van der Waals surface area contributed by atoms with Crippen LogP contribution >= 0.6 is 11.3 Å². The molecule has 0 aliphatic carbocycles. The summed E-state index contributed by atoms with van der Waals surface area (Å²) in [5.41, 5.74) is 4.59. The first kappa shape index (κ1) is 23.7. The molecule has 1 amide bonds. The van der Waals surface area contributed by atoms with Gasteiger partial charge in [0.2, 0.25) is 5.91 Å². The molecule has 0 fully saturated rings. The number of amides is 1. The van der Waals surface area contributed by atoms with Crippen molar-refractivity contribution < 1.29 is 9.53 Å². The van der Waals surface area contributed by atoms with Gasteiger partial charge in [-0.15, -0.1) is 11.3 Å². The van der Waals surface area contributed by atoms with Gasteiger partial charge in [0.05, 0.1) is 18.3 Å². The van der Waals surface area contributed by atoms with Crippen molar-refractivity contribution in [2.75, 3.05) is 11.9 Å². The minimum atomic E-state index is -0.242. The Morgan fingerprint density at radius 3 is 2.35 bits per heavy atom. The number of carbonyl (C=O) groups excluding carboxylic acids is 1. The van der Waals surface area contributed by atoms with Crippen LogP contribution < -0.4 is 15.6 Å². The van der Waals surface area contributed by atoms with E-state index in [1.165, 1.54) is 22.2 Å². The maximum absolute atomic E-state index is 13.5. The minimum Gasteiger partial charge on any atom is -0.494 e. The molecule has 0 saturated heterocycles. The van der Waals surface area contributed by atoms with Crippen LogP contribution in [0.15, 0.2) is 53.6 Å². The second kappa shape index (κ2) is 10.2. The molecule has 1 N–H and O–H groups in total. The molecule has 0 saturated carbocycles. The highest BCUT2D eigenvalue weighted by molar-refractivity contribution is 7.19. The number of anilines is 1. The van der Waals surface area contributed by atoms with Gasteiger partial charge in [-0.3, -0.25) is 14.2 Å². The van der Waals surface area contributed by atoms with E-state index in [1.807, 2.05) is 56.3 Å². The zero-order valence-electron chi connectivity index (χ0n) is 20.0. The molecule has 176 valence electrons. The lowest BCUT2D eigenvalue weighted by molar-refractivity contribution is -0.116. The van der Waals surface area contributed by atoms with Gasteiger partial charge >= 0.3 is 0 Å². The average Bonchev–Trinajstić information content (AvgIpc) is 3.18. The topological polar surface area (TPSA) is 73.2 Å². The van der Waals surface area contributed by atoms with Gasteiger partial charge in [0.15, 0.2) is 0 Å². The number of para-hydroxylation sites is 1. The van der Waals surface area contributed by atoms with Crippen molar-refractivity contribution in [3.05, 3.63) is 75.1 Å². The molecule has 2 heterocycles. The molecule has 0 spiro atoms. The molecular formula is C27H29N3O3S. The van der Waals surface area contributed by atoms with Crippen LogP contribution in [0.5, 0.6) is 5.75 Å². The summed E-state index contributed by atoms with van der Waals surface area (Å²) in [6, 6.07) is 13.8. The summed E-state index contributed by atoms with van der Waals surface area (Å²) in [4.78, 5) is 32.6. The monoisotopic (exact) mass is 475 g/mol. The largest absolute Gasteiger partial charge is 0.494 e. The molecule has 4 aromatic rings. The highest BCUT2D eigenvalue weighted by atomic mass is 32.1. The Balaban J connectivity index is 1.68. The predicted octanol–water partition coefficient (Wildman–Crippen LogP) is 5.60. The molecule has 6 nitrogen and oxygen atoms in total. The number of rotatable bonds is 8. The number of aryl methyl sites for hydroxylation is 3. The number of benzene rings is 2. The lowest BCUT2D eigenvalue weighted by Crippen LogP contribution is -2.28. The first-order valence-corrected chi connectivity index (χ1v) is 12.4. The molecular weight excluding hydrogens is 446 g/mol. The molecule has 0 aliphatic heterocycles. The first-order valence-electron chi connectivity index (χ1n) is 11.6. The Morgan fingerprint density at radius 2 is 1.74 bits per heavy atom. The molecule has 0 radical (unpaired) electrons. The fraction of sp³-hybridized carbons (Fsp3) is 0.296. The summed E-state index contributed by atoms with van der Waals surface area (Å²) in [5.74, 6) is 0.544. The summed E-state index contributed by atoms with van der Waals surface area (Å²) in [6.07, 6.45) is 3.10. The number of aromatic nitrogens is 2. The van der Waals surface area contributed by atoms with Gasteiger partial charge in [-0.05, 0) is 55.5 Å². The van der Waals surface area contributed by atoms with E-state index in [9.17, 15) is 9.59 Å². The van der Waals surface area contributed by atoms with Crippen LogP contribution in [0.4, 0.5) is 5.69 Å². The van der Waals surface area contributed by atoms with Crippen LogP contribution in [0, 0.1) is 6.92 Å². The molecule has 0 unspecified atom stereocenters. The Kier molecular flexibility index (Phi) is 7.12. The molecule has 4 rings (SSSR count). The fourth-order valence-corrected chi connectivity index (χ4v) is 5.22. The highest BCUT2D eigenvalue weighted by Gasteiger charge is 2.18. The summed E-state index contributed by atoms with van der Waals surface area (Å²) >= 11 is 1.49. The standard InChI is InChI=1S/C27H29N3O3S/c1-5-18-9-8-10-19(6-2)25(18)29-22(31)15-30-16-28-26-24(27(30)32)23(17(4)34-26)20-11-13-21(14-12-20)33-7-3/h8-14,16H,5-7,15H2,1-4H3,(H,29,31). The van der Waals surface area contributed by atoms with Crippen molar-refractivity contribution >= 4 is 33.1 Å². The summed E-state index contributed by atoms with van der Waals surface area (Å²) in [7, 11) is 0. The number of fused-ring (bicyclic) bond motifs is 1. The second-order valence-corrected chi connectivity index (χ2v) is 9.26. The molecule has 0 bridgehead atoms. The quantitative estimate of drug-likeness (QED) is 0.360. The van der Waals surface area contributed by atoms with Crippen molar-refractivity contribution in [3.8, 4) is 16.9 Å². The van der Waals surface area contributed by atoms with Gasteiger partial charge in [0.1, 0.15) is 17.1 Å². The van der Waals surface area contributed by atoms with Crippen molar-refractivity contribution in [1.29, 1.82) is 0 Å². The minimum absolute atomic E-state index is 0.0966. The van der Waals surface area contributed by atoms with Gasteiger partial charge in [-0.1, -0.05) is 44.2 Å². The van der Waals surface area contributed by atoms with E-state index in [1.54, 1.807) is 0 Å². The number of hydrogen-bond donors (Lipinski definition) is 1. The number of ether oxygens (including phenoxy) is 1. The maximum Gasteiger partial charge on any atom is 0.263 e. The van der Waals surface area contributed by atoms with E-state index in [2.05, 4.69) is 24.1 Å². The fourth-order valence-electron chi connectivity index (χ4n) is 4.22. The Labute approximate surface area is 203 Å². The van der Waals surface area contributed by atoms with Gasteiger partial charge in [-0.25, -0.2) is 4.98 Å². The predicted molar refractivity (Wildman–Crippen MR) is 139 cm³/mol. The lowest BCUT2D eigenvalue weighted by Gasteiger charge is -2.15. The van der Waals surface area contributed by atoms with E-state index < -0.39 is 0 Å². The average molecular weight is 476 g/mol. The van der Waals surface area contributed by atoms with Crippen LogP contribution in [0.1, 0.15) is 36.8 Å².